The fraction of sp³-hybridized carbons (Fsp3) is 1.00. The zero-order valence-corrected chi connectivity index (χ0v) is 11.6. The highest BCUT2D eigenvalue weighted by Gasteiger charge is 2.46. The topological polar surface area (TPSA) is 0 Å². The van der Waals surface area contributed by atoms with Gasteiger partial charge < -0.3 is 0 Å². The molecule has 0 rings (SSSR count). The van der Waals surface area contributed by atoms with Gasteiger partial charge in [0.25, 0.3) is 0 Å². The number of rotatable bonds is 4. The molecule has 0 aromatic carbocycles. The van der Waals surface area contributed by atoms with Crippen molar-refractivity contribution in [1.29, 1.82) is 0 Å². The SMILES string of the molecule is BC(BC)(C(C)(C)C)C(C)(C)CCC. The highest BCUT2D eigenvalue weighted by atomic mass is 14.4. The molecule has 0 N–H and O–H groups in total. The molecule has 0 bridgehead atoms. The van der Waals surface area contributed by atoms with Gasteiger partial charge in [0.1, 0.15) is 15.1 Å². The van der Waals surface area contributed by atoms with Crippen LogP contribution >= 0.6 is 0 Å². The molecule has 0 nitrogen and oxygen atoms in total. The van der Waals surface area contributed by atoms with E-state index in [1.807, 2.05) is 0 Å². The second-order valence-electron chi connectivity index (χ2n) is 6.57. The molecule has 0 saturated heterocycles. The summed E-state index contributed by atoms with van der Waals surface area (Å²) in [6, 6.07) is 0. The van der Waals surface area contributed by atoms with Crippen molar-refractivity contribution in [2.75, 3.05) is 0 Å². The molecule has 0 aromatic heterocycles. The summed E-state index contributed by atoms with van der Waals surface area (Å²) in [6.07, 6.45) is 2.62. The zero-order valence-electron chi connectivity index (χ0n) is 11.6. The molecule has 1 atom stereocenters. The molecular formula is C12H28B2. The van der Waals surface area contributed by atoms with Gasteiger partial charge >= 0.3 is 0 Å². The minimum Gasteiger partial charge on any atom is -0.0894 e. The summed E-state index contributed by atoms with van der Waals surface area (Å²) in [6.45, 7) is 16.6. The molecule has 2 heteroatoms. The molecule has 0 aliphatic carbocycles. The van der Waals surface area contributed by atoms with Crippen molar-refractivity contribution in [3.63, 3.8) is 0 Å². The standard InChI is InChI=1S/C12H28B2/c1-8-9-11(5,6)12(13,14-7)10(2,3)4/h14H,8-9,13H2,1-7H3. The Kier molecular flexibility index (Phi) is 4.37. The second-order valence-corrected chi connectivity index (χ2v) is 6.57. The fourth-order valence-corrected chi connectivity index (χ4v) is 2.92. The number of hydrogen-bond acceptors (Lipinski definition) is 0. The minimum absolute atomic E-state index is 0.389. The largest absolute Gasteiger partial charge is 0.117 e. The Labute approximate surface area is 92.9 Å². The lowest BCUT2D eigenvalue weighted by molar-refractivity contribution is 0.163. The smallest absolute Gasteiger partial charge is 0.0894 e. The lowest BCUT2D eigenvalue weighted by atomic mass is 9.27. The van der Waals surface area contributed by atoms with Crippen LogP contribution in [0.1, 0.15) is 54.4 Å². The normalized spacial score (nSPS) is 17.6. The molecule has 0 aromatic rings. The summed E-state index contributed by atoms with van der Waals surface area (Å²) >= 11 is 0. The highest BCUT2D eigenvalue weighted by molar-refractivity contribution is 6.53. The fourth-order valence-electron chi connectivity index (χ4n) is 2.92. The van der Waals surface area contributed by atoms with E-state index in [0.29, 0.717) is 16.0 Å². The Morgan fingerprint density at radius 1 is 1.07 bits per heavy atom. The van der Waals surface area contributed by atoms with E-state index in [4.69, 9.17) is 0 Å². The van der Waals surface area contributed by atoms with E-state index in [0.717, 1.165) is 0 Å². The first-order chi connectivity index (χ1) is 6.12. The Hall–Kier alpha value is 0.130. The third kappa shape index (κ3) is 2.38. The van der Waals surface area contributed by atoms with E-state index in [-0.39, 0.29) is 0 Å². The lowest BCUT2D eigenvalue weighted by Gasteiger charge is -2.53. The van der Waals surface area contributed by atoms with Crippen LogP contribution in [0.15, 0.2) is 0 Å². The van der Waals surface area contributed by atoms with Gasteiger partial charge in [0.2, 0.25) is 0 Å². The predicted octanol–water partition coefficient (Wildman–Crippen LogP) is 3.09. The Morgan fingerprint density at radius 2 is 1.50 bits per heavy atom. The van der Waals surface area contributed by atoms with Gasteiger partial charge in [-0.1, -0.05) is 60.0 Å². The van der Waals surface area contributed by atoms with Crippen molar-refractivity contribution in [1.82, 2.24) is 0 Å². The van der Waals surface area contributed by atoms with Gasteiger partial charge in [-0.05, 0) is 17.3 Å². The molecule has 0 radical (unpaired) electrons. The Balaban J connectivity index is 5.03. The summed E-state index contributed by atoms with van der Waals surface area (Å²) in [4.78, 5) is 0. The maximum Gasteiger partial charge on any atom is 0.117 e. The quantitative estimate of drug-likeness (QED) is 0.603. The minimum atomic E-state index is 0.389. The van der Waals surface area contributed by atoms with Crippen LogP contribution in [0.4, 0.5) is 0 Å². The highest BCUT2D eigenvalue weighted by Crippen LogP contribution is 2.56. The first-order valence-corrected chi connectivity index (χ1v) is 6.12. The molecule has 0 aliphatic heterocycles. The van der Waals surface area contributed by atoms with Gasteiger partial charge in [-0.3, -0.25) is 0 Å². The molecule has 82 valence electrons. The van der Waals surface area contributed by atoms with Gasteiger partial charge in [0.15, 0.2) is 0 Å². The van der Waals surface area contributed by atoms with E-state index < -0.39 is 0 Å². The van der Waals surface area contributed by atoms with E-state index in [9.17, 15) is 0 Å². The molecule has 0 amide bonds. The molecule has 0 saturated carbocycles. The Morgan fingerprint density at radius 3 is 1.71 bits per heavy atom. The van der Waals surface area contributed by atoms with Crippen LogP contribution < -0.4 is 0 Å². The lowest BCUT2D eigenvalue weighted by Crippen LogP contribution is -2.45. The maximum absolute atomic E-state index is 2.46. The Bertz CT molecular complexity index is 179. The molecule has 0 aliphatic rings. The van der Waals surface area contributed by atoms with Crippen molar-refractivity contribution in [3.05, 3.63) is 0 Å². The number of hydrogen-bond donors (Lipinski definition) is 0. The van der Waals surface area contributed by atoms with Crippen LogP contribution in [0, 0.1) is 10.8 Å². The average Bonchev–Trinajstić information content (AvgIpc) is 2.00. The summed E-state index contributed by atoms with van der Waals surface area (Å²) in [5, 5.41) is 0.427. The van der Waals surface area contributed by atoms with Gasteiger partial charge in [0, 0.05) is 0 Å². The van der Waals surface area contributed by atoms with Crippen LogP contribution in [-0.2, 0) is 0 Å². The molecule has 0 fully saturated rings. The van der Waals surface area contributed by atoms with Gasteiger partial charge in [0.05, 0.1) is 0 Å². The van der Waals surface area contributed by atoms with Crippen LogP contribution in [0.3, 0.4) is 0 Å². The zero-order chi connectivity index (χ0) is 11.6. The first-order valence-electron chi connectivity index (χ1n) is 6.12. The summed E-state index contributed by atoms with van der Waals surface area (Å²) in [5.41, 5.74) is 0.829. The van der Waals surface area contributed by atoms with Gasteiger partial charge in [-0.25, -0.2) is 0 Å². The van der Waals surface area contributed by atoms with Crippen LogP contribution in [0.5, 0.6) is 0 Å². The van der Waals surface area contributed by atoms with Crippen molar-refractivity contribution in [2.45, 2.75) is 66.4 Å². The van der Waals surface area contributed by atoms with E-state index in [2.05, 4.69) is 56.2 Å². The van der Waals surface area contributed by atoms with Crippen LogP contribution in [-0.4, -0.2) is 15.1 Å². The van der Waals surface area contributed by atoms with E-state index >= 15 is 0 Å². The van der Waals surface area contributed by atoms with E-state index in [1.54, 1.807) is 0 Å². The van der Waals surface area contributed by atoms with Crippen LogP contribution in [0.2, 0.25) is 12.0 Å². The molecule has 0 heterocycles. The molecule has 0 spiro atoms. The second kappa shape index (κ2) is 4.33. The molecule has 1 unspecified atom stereocenters. The third-order valence-electron chi connectivity index (χ3n) is 4.73. The monoisotopic (exact) mass is 194 g/mol. The molecule has 14 heavy (non-hydrogen) atoms. The predicted molar refractivity (Wildman–Crippen MR) is 72.4 cm³/mol. The summed E-state index contributed by atoms with van der Waals surface area (Å²) in [7, 11) is 3.73. The van der Waals surface area contributed by atoms with Crippen molar-refractivity contribution in [3.8, 4) is 0 Å². The van der Waals surface area contributed by atoms with Gasteiger partial charge in [-0.15, -0.1) is 0 Å². The van der Waals surface area contributed by atoms with Crippen LogP contribution in [0.25, 0.3) is 0 Å². The van der Waals surface area contributed by atoms with Crippen molar-refractivity contribution in [2.24, 2.45) is 10.8 Å². The van der Waals surface area contributed by atoms with Crippen molar-refractivity contribution >= 4 is 15.1 Å². The first kappa shape index (κ1) is 14.1. The van der Waals surface area contributed by atoms with E-state index in [1.165, 1.54) is 20.1 Å². The van der Waals surface area contributed by atoms with Gasteiger partial charge in [-0.2, -0.15) is 0 Å². The summed E-state index contributed by atoms with van der Waals surface area (Å²) in [5.74, 6) is 0. The summed E-state index contributed by atoms with van der Waals surface area (Å²) < 4.78 is 0. The molecular weight excluding hydrogens is 166 g/mol. The van der Waals surface area contributed by atoms with Crippen molar-refractivity contribution < 1.29 is 0 Å². The average molecular weight is 194 g/mol. The maximum atomic E-state index is 2.46. The third-order valence-corrected chi connectivity index (χ3v) is 4.73.